The van der Waals surface area contributed by atoms with E-state index in [4.69, 9.17) is 0 Å². The number of allylic oxidation sites excluding steroid dienone is 3. The molecule has 14 heavy (non-hydrogen) atoms. The van der Waals surface area contributed by atoms with E-state index in [2.05, 4.69) is 31.9 Å². The zero-order valence-corrected chi connectivity index (χ0v) is 10.0. The molecule has 0 radical (unpaired) electrons. The summed E-state index contributed by atoms with van der Waals surface area (Å²) >= 11 is 5.70. The Bertz CT molecular complexity index is 421. The van der Waals surface area contributed by atoms with Crippen molar-refractivity contribution in [2.75, 3.05) is 0 Å². The van der Waals surface area contributed by atoms with Crippen LogP contribution in [0.4, 0.5) is 0 Å². The van der Waals surface area contributed by atoms with E-state index in [-0.39, 0.29) is 14.5 Å². The molecule has 0 aromatic rings. The predicted molar refractivity (Wildman–Crippen MR) is 54.6 cm³/mol. The number of hydrogen-bond acceptors (Lipinski definition) is 4. The van der Waals surface area contributed by atoms with Gasteiger partial charge in [0.15, 0.2) is 0 Å². The molecule has 0 atom stereocenters. The van der Waals surface area contributed by atoms with Crippen LogP contribution in [-0.2, 0) is 9.59 Å². The first-order valence-electron chi connectivity index (χ1n) is 3.37. The van der Waals surface area contributed by atoms with Crippen LogP contribution in [0.3, 0.4) is 0 Å². The van der Waals surface area contributed by atoms with Crippen molar-refractivity contribution in [2.24, 2.45) is 0 Å². The minimum atomic E-state index is -0.851. The third-order valence-corrected chi connectivity index (χ3v) is 3.73. The summed E-state index contributed by atoms with van der Waals surface area (Å²) < 4.78 is -0.0922. The van der Waals surface area contributed by atoms with Crippen LogP contribution in [0.2, 0.25) is 0 Å². The number of hydrogen-bond donors (Lipinski definition) is 0. The summed E-state index contributed by atoms with van der Waals surface area (Å²) in [6, 6.07) is 0. The van der Waals surface area contributed by atoms with Crippen LogP contribution in [0.5, 0.6) is 0 Å². The summed E-state index contributed by atoms with van der Waals surface area (Å²) in [5, 5.41) is 10.5. The zero-order valence-electron chi connectivity index (χ0n) is 6.84. The predicted octanol–water partition coefficient (Wildman–Crippen LogP) is 1.69. The number of rotatable bonds is 1. The van der Waals surface area contributed by atoms with Crippen molar-refractivity contribution in [1.29, 1.82) is 0 Å². The second kappa shape index (κ2) is 3.74. The highest BCUT2D eigenvalue weighted by Crippen LogP contribution is 2.31. The Balaban J connectivity index is 3.41. The molecule has 0 N–H and O–H groups in total. The van der Waals surface area contributed by atoms with Crippen molar-refractivity contribution in [3.63, 3.8) is 0 Å². The Morgan fingerprint density at radius 3 is 2.00 bits per heavy atom. The Morgan fingerprint density at radius 1 is 1.14 bits per heavy atom. The lowest BCUT2D eigenvalue weighted by atomic mass is 10.0. The lowest BCUT2D eigenvalue weighted by Crippen LogP contribution is -2.23. The minimum Gasteiger partial charge on any atom is -0.288 e. The van der Waals surface area contributed by atoms with E-state index in [1.165, 1.54) is 6.92 Å². The quantitative estimate of drug-likeness (QED) is 0.418. The second-order valence-electron chi connectivity index (χ2n) is 2.52. The van der Waals surface area contributed by atoms with E-state index in [0.717, 1.165) is 0 Å². The fourth-order valence-electron chi connectivity index (χ4n) is 0.966. The smallest absolute Gasteiger partial charge is 0.288 e. The molecule has 0 aliphatic heterocycles. The van der Waals surface area contributed by atoms with Crippen LogP contribution in [-0.4, -0.2) is 16.5 Å². The first-order valence-corrected chi connectivity index (χ1v) is 4.96. The number of nitrogens with zero attached hydrogens (tertiary/aromatic N) is 1. The monoisotopic (exact) mass is 323 g/mol. The molecule has 0 heterocycles. The van der Waals surface area contributed by atoms with Gasteiger partial charge in [-0.3, -0.25) is 19.7 Å². The molecule has 0 spiro atoms. The summed E-state index contributed by atoms with van der Waals surface area (Å²) in [6.45, 7) is 1.25. The first kappa shape index (κ1) is 11.3. The van der Waals surface area contributed by atoms with Crippen LogP contribution in [0.15, 0.2) is 20.2 Å². The highest BCUT2D eigenvalue weighted by atomic mass is 79.9. The molecule has 0 saturated heterocycles. The van der Waals surface area contributed by atoms with Gasteiger partial charge in [-0.25, -0.2) is 0 Å². The van der Waals surface area contributed by atoms with Crippen molar-refractivity contribution in [3.8, 4) is 0 Å². The van der Waals surface area contributed by atoms with Crippen LogP contribution < -0.4 is 0 Å². The Kier molecular flexibility index (Phi) is 3.01. The van der Waals surface area contributed by atoms with Crippen LogP contribution in [0.25, 0.3) is 0 Å². The summed E-state index contributed by atoms with van der Waals surface area (Å²) in [5.74, 6) is -1.35. The highest BCUT2D eigenvalue weighted by molar-refractivity contribution is 9.14. The molecule has 0 aromatic heterocycles. The van der Waals surface area contributed by atoms with Gasteiger partial charge < -0.3 is 0 Å². The largest absolute Gasteiger partial charge is 0.324 e. The van der Waals surface area contributed by atoms with Crippen molar-refractivity contribution >= 4 is 43.4 Å². The molecule has 74 valence electrons. The third kappa shape index (κ3) is 1.57. The number of Topliss-reactive ketones (excluding diaryl/α,β-unsaturated/α-hetero) is 2. The van der Waals surface area contributed by atoms with Crippen LogP contribution in [0, 0.1) is 10.1 Å². The van der Waals surface area contributed by atoms with Crippen molar-refractivity contribution in [1.82, 2.24) is 0 Å². The Morgan fingerprint density at radius 2 is 1.57 bits per heavy atom. The molecule has 1 aliphatic carbocycles. The van der Waals surface area contributed by atoms with E-state index in [0.29, 0.717) is 0 Å². The molecule has 0 fully saturated rings. The average Bonchev–Trinajstić information content (AvgIpc) is 2.11. The minimum absolute atomic E-state index is 0.0191. The fraction of sp³-hybridized carbons (Fsp3) is 0.143. The van der Waals surface area contributed by atoms with Crippen molar-refractivity contribution < 1.29 is 14.5 Å². The lowest BCUT2D eigenvalue weighted by Gasteiger charge is -2.09. The number of carbonyl (C=O) groups excluding carboxylic acids is 2. The fourth-order valence-corrected chi connectivity index (χ4v) is 1.81. The molecule has 0 amide bonds. The summed E-state index contributed by atoms with van der Waals surface area (Å²) in [4.78, 5) is 32.3. The standard InChI is InChI=1S/C7H3Br2NO4/c1-2-5(10(13)14)7(12)4(9)3(8)6(2)11/h1H3. The number of ketones is 2. The first-order chi connectivity index (χ1) is 6.37. The van der Waals surface area contributed by atoms with E-state index in [1.807, 2.05) is 0 Å². The van der Waals surface area contributed by atoms with Gasteiger partial charge in [0.1, 0.15) is 0 Å². The SMILES string of the molecule is CC1=C([N+](=O)[O-])C(=O)C(Br)=C(Br)C1=O. The van der Waals surface area contributed by atoms with Gasteiger partial charge in [0.05, 0.1) is 19.5 Å². The molecule has 0 saturated carbocycles. The maximum atomic E-state index is 11.3. The second-order valence-corrected chi connectivity index (χ2v) is 4.10. The van der Waals surface area contributed by atoms with Gasteiger partial charge >= 0.3 is 5.70 Å². The van der Waals surface area contributed by atoms with Crippen LogP contribution in [0.1, 0.15) is 6.92 Å². The maximum Gasteiger partial charge on any atom is 0.324 e. The van der Waals surface area contributed by atoms with Gasteiger partial charge in [-0.15, -0.1) is 0 Å². The Hall–Kier alpha value is -0.820. The maximum absolute atomic E-state index is 11.3. The van der Waals surface area contributed by atoms with E-state index < -0.39 is 22.2 Å². The third-order valence-electron chi connectivity index (χ3n) is 1.68. The van der Waals surface area contributed by atoms with Gasteiger partial charge in [-0.1, -0.05) is 0 Å². The van der Waals surface area contributed by atoms with Crippen molar-refractivity contribution in [3.05, 3.63) is 30.3 Å². The molecule has 7 heteroatoms. The molecule has 1 rings (SSSR count). The van der Waals surface area contributed by atoms with E-state index in [9.17, 15) is 19.7 Å². The van der Waals surface area contributed by atoms with Crippen LogP contribution >= 0.6 is 31.9 Å². The zero-order chi connectivity index (χ0) is 11.0. The molecule has 0 unspecified atom stereocenters. The molecule has 0 bridgehead atoms. The number of halogens is 2. The average molecular weight is 325 g/mol. The molecule has 1 aliphatic rings. The molecular formula is C7H3Br2NO4. The van der Waals surface area contributed by atoms with Crippen molar-refractivity contribution in [2.45, 2.75) is 6.92 Å². The van der Waals surface area contributed by atoms with E-state index in [1.54, 1.807) is 0 Å². The lowest BCUT2D eigenvalue weighted by molar-refractivity contribution is -0.419. The Labute approximate surface area is 95.3 Å². The molecule has 0 aromatic carbocycles. The number of carbonyl (C=O) groups is 2. The normalized spacial score (nSPS) is 17.9. The summed E-state index contributed by atoms with van der Waals surface area (Å²) in [5.41, 5.74) is -0.833. The molecular weight excluding hydrogens is 322 g/mol. The topological polar surface area (TPSA) is 77.3 Å². The summed E-state index contributed by atoms with van der Waals surface area (Å²) in [7, 11) is 0. The van der Waals surface area contributed by atoms with Gasteiger partial charge in [0.25, 0.3) is 5.78 Å². The van der Waals surface area contributed by atoms with Gasteiger partial charge in [0.2, 0.25) is 5.78 Å². The number of nitro groups is 1. The van der Waals surface area contributed by atoms with Gasteiger partial charge in [0, 0.05) is 0 Å². The highest BCUT2D eigenvalue weighted by Gasteiger charge is 2.37. The van der Waals surface area contributed by atoms with Gasteiger partial charge in [-0.2, -0.15) is 0 Å². The van der Waals surface area contributed by atoms with Gasteiger partial charge in [-0.05, 0) is 38.8 Å². The molecule has 5 nitrogen and oxygen atoms in total. The summed E-state index contributed by atoms with van der Waals surface area (Å²) in [6.07, 6.45) is 0. The van der Waals surface area contributed by atoms with E-state index >= 15 is 0 Å².